The van der Waals surface area contributed by atoms with Gasteiger partial charge >= 0.3 is 0 Å². The number of hydrogen-bond donors (Lipinski definition) is 1. The van der Waals surface area contributed by atoms with E-state index >= 15 is 0 Å². The summed E-state index contributed by atoms with van der Waals surface area (Å²) in [6.45, 7) is 5.44. The third-order valence-electron chi connectivity index (χ3n) is 4.98. The van der Waals surface area contributed by atoms with Crippen molar-refractivity contribution in [3.8, 4) is 5.69 Å². The molecule has 0 saturated carbocycles. The normalized spacial score (nSPS) is 15.9. The number of benzene rings is 1. The molecule has 0 aliphatic carbocycles. The third-order valence-corrected chi connectivity index (χ3v) is 4.98. The summed E-state index contributed by atoms with van der Waals surface area (Å²) in [5.41, 5.74) is 1.77. The number of carbonyl (C=O) groups is 1. The number of tetrazole rings is 1. The van der Waals surface area contributed by atoms with Gasteiger partial charge in [-0.25, -0.2) is 4.68 Å². The molecule has 1 fully saturated rings. The van der Waals surface area contributed by atoms with Crippen LogP contribution in [-0.2, 0) is 16.0 Å². The molecular weight excluding hydrogens is 372 g/mol. The highest BCUT2D eigenvalue weighted by Crippen LogP contribution is 2.23. The van der Waals surface area contributed by atoms with Crippen molar-refractivity contribution in [3.63, 3.8) is 0 Å². The number of furan rings is 1. The van der Waals surface area contributed by atoms with E-state index < -0.39 is 0 Å². The molecule has 1 unspecified atom stereocenters. The van der Waals surface area contributed by atoms with Crippen LogP contribution in [-0.4, -0.2) is 63.9 Å². The summed E-state index contributed by atoms with van der Waals surface area (Å²) in [7, 11) is 0. The molecule has 9 heteroatoms. The first-order valence-electron chi connectivity index (χ1n) is 9.66. The van der Waals surface area contributed by atoms with E-state index in [0.717, 1.165) is 35.9 Å². The Hall–Kier alpha value is -3.04. The molecule has 1 aromatic carbocycles. The highest BCUT2D eigenvalue weighted by Gasteiger charge is 2.25. The van der Waals surface area contributed by atoms with Gasteiger partial charge in [0.2, 0.25) is 5.91 Å². The fourth-order valence-corrected chi connectivity index (χ4v) is 3.44. The molecule has 1 amide bonds. The molecule has 1 aliphatic rings. The van der Waals surface area contributed by atoms with Crippen LogP contribution in [0.2, 0.25) is 0 Å². The zero-order chi connectivity index (χ0) is 20.1. The summed E-state index contributed by atoms with van der Waals surface area (Å²) in [5, 5.41) is 14.2. The number of nitrogens with one attached hydrogen (secondary N) is 1. The average Bonchev–Trinajstić information content (AvgIpc) is 3.42. The molecular formula is C20H24N6O3. The Morgan fingerprint density at radius 2 is 1.97 bits per heavy atom. The molecule has 0 spiro atoms. The molecule has 1 aliphatic heterocycles. The Bertz CT molecular complexity index is 916. The minimum Gasteiger partial charge on any atom is -0.465 e. The summed E-state index contributed by atoms with van der Waals surface area (Å²) in [6, 6.07) is 11.5. The SMILES string of the molecule is Cc1ccc(C(CNC(=O)Cc2ccc(-n3cnnn3)cc2)N2CCOCC2)o1. The van der Waals surface area contributed by atoms with Crippen LogP contribution in [0.3, 0.4) is 0 Å². The van der Waals surface area contributed by atoms with Gasteiger partial charge in [-0.05, 0) is 47.2 Å². The van der Waals surface area contributed by atoms with Crippen molar-refractivity contribution < 1.29 is 13.9 Å². The monoisotopic (exact) mass is 396 g/mol. The van der Waals surface area contributed by atoms with Crippen molar-refractivity contribution in [1.82, 2.24) is 30.4 Å². The van der Waals surface area contributed by atoms with Gasteiger partial charge in [0.25, 0.3) is 0 Å². The Balaban J connectivity index is 1.36. The number of amides is 1. The maximum absolute atomic E-state index is 12.5. The molecule has 0 bridgehead atoms. The molecule has 3 aromatic rings. The number of nitrogens with zero attached hydrogens (tertiary/aromatic N) is 5. The van der Waals surface area contributed by atoms with Crippen LogP contribution in [0.25, 0.3) is 5.69 Å². The van der Waals surface area contributed by atoms with Gasteiger partial charge in [0.1, 0.15) is 17.8 Å². The highest BCUT2D eigenvalue weighted by molar-refractivity contribution is 5.78. The van der Waals surface area contributed by atoms with E-state index in [1.54, 1.807) is 4.68 Å². The van der Waals surface area contributed by atoms with Gasteiger partial charge in [-0.3, -0.25) is 9.69 Å². The third kappa shape index (κ3) is 4.87. The molecule has 29 heavy (non-hydrogen) atoms. The second kappa shape index (κ2) is 8.97. The number of ether oxygens (including phenoxy) is 1. The Morgan fingerprint density at radius 3 is 2.62 bits per heavy atom. The molecule has 4 rings (SSSR count). The number of hydrogen-bond acceptors (Lipinski definition) is 7. The quantitative estimate of drug-likeness (QED) is 0.643. The largest absolute Gasteiger partial charge is 0.465 e. The molecule has 152 valence electrons. The van der Waals surface area contributed by atoms with E-state index in [9.17, 15) is 4.79 Å². The van der Waals surface area contributed by atoms with Crippen molar-refractivity contribution in [1.29, 1.82) is 0 Å². The summed E-state index contributed by atoms with van der Waals surface area (Å²) in [6.07, 6.45) is 1.84. The van der Waals surface area contributed by atoms with Crippen molar-refractivity contribution in [2.24, 2.45) is 0 Å². The minimum atomic E-state index is -0.0262. The molecule has 2 aromatic heterocycles. The number of rotatable bonds is 7. The van der Waals surface area contributed by atoms with Gasteiger partial charge in [-0.2, -0.15) is 0 Å². The average molecular weight is 396 g/mol. The van der Waals surface area contributed by atoms with Crippen molar-refractivity contribution in [3.05, 3.63) is 59.8 Å². The van der Waals surface area contributed by atoms with Gasteiger partial charge in [-0.15, -0.1) is 5.10 Å². The van der Waals surface area contributed by atoms with Crippen LogP contribution in [0.4, 0.5) is 0 Å². The van der Waals surface area contributed by atoms with E-state index in [2.05, 4.69) is 25.7 Å². The second-order valence-electron chi connectivity index (χ2n) is 7.01. The lowest BCUT2D eigenvalue weighted by molar-refractivity contribution is -0.120. The first-order valence-corrected chi connectivity index (χ1v) is 9.66. The van der Waals surface area contributed by atoms with Crippen molar-refractivity contribution in [2.75, 3.05) is 32.8 Å². The molecule has 0 radical (unpaired) electrons. The van der Waals surface area contributed by atoms with Crippen LogP contribution in [0.15, 0.2) is 47.1 Å². The van der Waals surface area contributed by atoms with E-state index in [1.807, 2.05) is 43.3 Å². The first-order chi connectivity index (χ1) is 14.2. The summed E-state index contributed by atoms with van der Waals surface area (Å²) in [5.74, 6) is 1.71. The Morgan fingerprint density at radius 1 is 1.17 bits per heavy atom. The Kier molecular flexibility index (Phi) is 5.97. The molecule has 1 N–H and O–H groups in total. The predicted molar refractivity (Wildman–Crippen MR) is 104 cm³/mol. The van der Waals surface area contributed by atoms with Gasteiger partial charge < -0.3 is 14.5 Å². The van der Waals surface area contributed by atoms with Crippen LogP contribution < -0.4 is 5.32 Å². The van der Waals surface area contributed by atoms with Crippen molar-refractivity contribution >= 4 is 5.91 Å². The topological polar surface area (TPSA) is 98.3 Å². The predicted octanol–water partition coefficient (Wildman–Crippen LogP) is 1.30. The van der Waals surface area contributed by atoms with Gasteiger partial charge in [0, 0.05) is 19.6 Å². The van der Waals surface area contributed by atoms with E-state index in [4.69, 9.17) is 9.15 Å². The second-order valence-corrected chi connectivity index (χ2v) is 7.01. The van der Waals surface area contributed by atoms with Gasteiger partial charge in [0.15, 0.2) is 0 Å². The van der Waals surface area contributed by atoms with E-state index in [1.165, 1.54) is 6.33 Å². The fourth-order valence-electron chi connectivity index (χ4n) is 3.44. The zero-order valence-electron chi connectivity index (χ0n) is 16.3. The Labute approximate surface area is 168 Å². The van der Waals surface area contributed by atoms with Crippen LogP contribution in [0.1, 0.15) is 23.1 Å². The fraction of sp³-hybridized carbons (Fsp3) is 0.400. The molecule has 1 saturated heterocycles. The number of aryl methyl sites for hydroxylation is 1. The van der Waals surface area contributed by atoms with Crippen LogP contribution in [0.5, 0.6) is 0 Å². The first kappa shape index (κ1) is 19.3. The summed E-state index contributed by atoms with van der Waals surface area (Å²) < 4.78 is 12.9. The maximum Gasteiger partial charge on any atom is 0.224 e. The molecule has 3 heterocycles. The lowest BCUT2D eigenvalue weighted by atomic mass is 10.1. The summed E-state index contributed by atoms with van der Waals surface area (Å²) >= 11 is 0. The van der Waals surface area contributed by atoms with Gasteiger partial charge in [0.05, 0.1) is 31.4 Å². The summed E-state index contributed by atoms with van der Waals surface area (Å²) in [4.78, 5) is 14.8. The van der Waals surface area contributed by atoms with Crippen molar-refractivity contribution in [2.45, 2.75) is 19.4 Å². The number of morpholine rings is 1. The van der Waals surface area contributed by atoms with Crippen LogP contribution >= 0.6 is 0 Å². The zero-order valence-corrected chi connectivity index (χ0v) is 16.3. The number of aromatic nitrogens is 4. The molecule has 1 atom stereocenters. The van der Waals surface area contributed by atoms with E-state index in [0.29, 0.717) is 26.2 Å². The van der Waals surface area contributed by atoms with Gasteiger partial charge in [-0.1, -0.05) is 12.1 Å². The van der Waals surface area contributed by atoms with E-state index in [-0.39, 0.29) is 11.9 Å². The highest BCUT2D eigenvalue weighted by atomic mass is 16.5. The minimum absolute atomic E-state index is 0.00117. The lowest BCUT2D eigenvalue weighted by Crippen LogP contribution is -2.43. The van der Waals surface area contributed by atoms with Crippen LogP contribution in [0, 0.1) is 6.92 Å². The smallest absolute Gasteiger partial charge is 0.224 e. The number of carbonyl (C=O) groups excluding carboxylic acids is 1. The molecule has 9 nitrogen and oxygen atoms in total. The standard InChI is InChI=1S/C20H24N6O3/c1-15-2-7-19(29-15)18(25-8-10-28-11-9-25)13-21-20(27)12-16-3-5-17(6-4-16)26-14-22-23-24-26/h2-7,14,18H,8-13H2,1H3,(H,21,27). The maximum atomic E-state index is 12.5. The lowest BCUT2D eigenvalue weighted by Gasteiger charge is -2.33.